The normalized spacial score (nSPS) is 12.9. The van der Waals surface area contributed by atoms with Gasteiger partial charge in [-0.3, -0.25) is 9.20 Å². The molecule has 132 valence electrons. The molecule has 2 aromatic carbocycles. The Bertz CT molecular complexity index is 1170. The van der Waals surface area contributed by atoms with Crippen LogP contribution in [-0.2, 0) is 6.54 Å². The first kappa shape index (κ1) is 15.6. The molecule has 0 aliphatic carbocycles. The molecule has 0 saturated carbocycles. The van der Waals surface area contributed by atoms with Gasteiger partial charge < -0.3 is 10.6 Å². The second-order valence-electron chi connectivity index (χ2n) is 6.80. The van der Waals surface area contributed by atoms with Gasteiger partial charge in [-0.05, 0) is 54.4 Å². The summed E-state index contributed by atoms with van der Waals surface area (Å²) < 4.78 is 2.07. The number of aryl methyl sites for hydroxylation is 1. The molecule has 0 unspecified atom stereocenters. The zero-order valence-corrected chi connectivity index (χ0v) is 14.9. The second kappa shape index (κ2) is 5.99. The summed E-state index contributed by atoms with van der Waals surface area (Å²) >= 11 is 0. The number of rotatable bonds is 3. The molecule has 1 amide bonds. The largest absolute Gasteiger partial charge is 0.352 e. The fourth-order valence-electron chi connectivity index (χ4n) is 3.53. The molecule has 4 aromatic rings. The molecule has 1 aliphatic rings. The Morgan fingerprint density at radius 3 is 2.78 bits per heavy atom. The Morgan fingerprint density at radius 1 is 1.07 bits per heavy atom. The minimum absolute atomic E-state index is 0.00183. The number of nitrogens with zero attached hydrogens (tertiary/aromatic N) is 2. The van der Waals surface area contributed by atoms with E-state index in [1.54, 1.807) is 6.20 Å². The maximum absolute atomic E-state index is 11.8. The average molecular weight is 354 g/mol. The van der Waals surface area contributed by atoms with E-state index in [2.05, 4.69) is 63.3 Å². The minimum Gasteiger partial charge on any atom is -0.352 e. The lowest BCUT2D eigenvalue weighted by atomic mass is 10.0. The summed E-state index contributed by atoms with van der Waals surface area (Å²) in [5.41, 5.74) is 7.97. The topological polar surface area (TPSA) is 58.4 Å². The van der Waals surface area contributed by atoms with Crippen LogP contribution < -0.4 is 10.6 Å². The van der Waals surface area contributed by atoms with Gasteiger partial charge >= 0.3 is 0 Å². The summed E-state index contributed by atoms with van der Waals surface area (Å²) in [4.78, 5) is 16.3. The van der Waals surface area contributed by atoms with E-state index >= 15 is 0 Å². The third-order valence-electron chi connectivity index (χ3n) is 4.96. The van der Waals surface area contributed by atoms with Crippen LogP contribution in [0.4, 0.5) is 11.4 Å². The molecular weight excluding hydrogens is 336 g/mol. The van der Waals surface area contributed by atoms with Crippen molar-refractivity contribution >= 4 is 22.9 Å². The summed E-state index contributed by atoms with van der Waals surface area (Å²) in [7, 11) is 0. The number of amides is 1. The number of hydrogen-bond donors (Lipinski definition) is 2. The third-order valence-corrected chi connectivity index (χ3v) is 4.96. The zero-order valence-electron chi connectivity index (χ0n) is 14.9. The van der Waals surface area contributed by atoms with Crippen molar-refractivity contribution in [2.45, 2.75) is 13.5 Å². The lowest BCUT2D eigenvalue weighted by molar-refractivity contribution is 0.0966. The van der Waals surface area contributed by atoms with Gasteiger partial charge in [0.15, 0.2) is 5.65 Å². The van der Waals surface area contributed by atoms with Gasteiger partial charge in [-0.15, -0.1) is 0 Å². The van der Waals surface area contributed by atoms with Gasteiger partial charge in [0.1, 0.15) is 0 Å². The first-order chi connectivity index (χ1) is 13.2. The Hall–Kier alpha value is -3.60. The molecule has 0 bridgehead atoms. The lowest BCUT2D eigenvalue weighted by Crippen LogP contribution is -2.12. The summed E-state index contributed by atoms with van der Waals surface area (Å²) in [5, 5.41) is 6.32. The van der Waals surface area contributed by atoms with E-state index in [9.17, 15) is 4.79 Å². The third kappa shape index (κ3) is 2.64. The predicted octanol–water partition coefficient (Wildman–Crippen LogP) is 4.30. The van der Waals surface area contributed by atoms with Gasteiger partial charge in [-0.2, -0.15) is 0 Å². The van der Waals surface area contributed by atoms with Crippen LogP contribution in [0.3, 0.4) is 0 Å². The minimum atomic E-state index is 0.00183. The van der Waals surface area contributed by atoms with Crippen LogP contribution in [0.5, 0.6) is 0 Å². The van der Waals surface area contributed by atoms with E-state index in [1.165, 1.54) is 5.56 Å². The van der Waals surface area contributed by atoms with Gasteiger partial charge in [0.2, 0.25) is 0 Å². The van der Waals surface area contributed by atoms with E-state index < -0.39 is 0 Å². The molecule has 2 aromatic heterocycles. The van der Waals surface area contributed by atoms with E-state index in [1.807, 2.05) is 24.4 Å². The number of pyridine rings is 1. The second-order valence-corrected chi connectivity index (χ2v) is 6.80. The van der Waals surface area contributed by atoms with E-state index in [0.717, 1.165) is 39.4 Å². The van der Waals surface area contributed by atoms with Gasteiger partial charge in [-0.1, -0.05) is 23.8 Å². The highest BCUT2D eigenvalue weighted by Gasteiger charge is 2.19. The molecule has 0 radical (unpaired) electrons. The number of carbonyl (C=O) groups excluding carboxylic acids is 1. The highest BCUT2D eigenvalue weighted by molar-refractivity contribution is 5.98. The number of fused-ring (bicyclic) bond motifs is 2. The number of carbonyl (C=O) groups is 1. The van der Waals surface area contributed by atoms with Gasteiger partial charge in [0.05, 0.1) is 11.4 Å². The molecular formula is C22H18N4O. The first-order valence-corrected chi connectivity index (χ1v) is 8.90. The van der Waals surface area contributed by atoms with Crippen molar-refractivity contribution in [2.75, 3.05) is 5.32 Å². The van der Waals surface area contributed by atoms with Crippen molar-refractivity contribution in [3.8, 4) is 11.3 Å². The monoisotopic (exact) mass is 354 g/mol. The van der Waals surface area contributed by atoms with Crippen LogP contribution in [0.1, 0.15) is 21.5 Å². The number of anilines is 2. The maximum Gasteiger partial charge on any atom is 0.251 e. The smallest absolute Gasteiger partial charge is 0.251 e. The van der Waals surface area contributed by atoms with E-state index in [-0.39, 0.29) is 5.91 Å². The Morgan fingerprint density at radius 2 is 1.93 bits per heavy atom. The molecule has 3 heterocycles. The summed E-state index contributed by atoms with van der Waals surface area (Å²) in [6.45, 7) is 2.66. The standard InChI is InChI=1S/C22H18N4O/c1-14-2-5-17(6-3-14)25-19-8-9-20(26-11-10-23-21(19)26)15-4-7-18-16(12-15)13-24-22(18)27/h2-12,25H,13H2,1H3,(H,24,27). The Balaban J connectivity index is 1.57. The molecule has 1 aliphatic heterocycles. The van der Waals surface area contributed by atoms with Crippen LogP contribution in [-0.4, -0.2) is 15.3 Å². The van der Waals surface area contributed by atoms with Crippen molar-refractivity contribution in [2.24, 2.45) is 0 Å². The first-order valence-electron chi connectivity index (χ1n) is 8.90. The molecule has 5 heteroatoms. The molecule has 2 N–H and O–H groups in total. The molecule has 0 saturated heterocycles. The number of hydrogen-bond acceptors (Lipinski definition) is 3. The van der Waals surface area contributed by atoms with Crippen molar-refractivity contribution < 1.29 is 4.79 Å². The summed E-state index contributed by atoms with van der Waals surface area (Å²) in [6.07, 6.45) is 3.76. The fraction of sp³-hybridized carbons (Fsp3) is 0.0909. The van der Waals surface area contributed by atoms with Crippen LogP contribution >= 0.6 is 0 Å². The van der Waals surface area contributed by atoms with Crippen molar-refractivity contribution in [1.82, 2.24) is 14.7 Å². The highest BCUT2D eigenvalue weighted by atomic mass is 16.1. The van der Waals surface area contributed by atoms with Crippen molar-refractivity contribution in [3.05, 3.63) is 83.7 Å². The van der Waals surface area contributed by atoms with Crippen LogP contribution in [0.15, 0.2) is 67.0 Å². The fourth-order valence-corrected chi connectivity index (χ4v) is 3.53. The van der Waals surface area contributed by atoms with Gasteiger partial charge in [0, 0.05) is 30.2 Å². The van der Waals surface area contributed by atoms with Crippen LogP contribution in [0.2, 0.25) is 0 Å². The maximum atomic E-state index is 11.8. The van der Waals surface area contributed by atoms with Crippen LogP contribution in [0.25, 0.3) is 16.9 Å². The molecule has 5 rings (SSSR count). The number of benzene rings is 2. The molecule has 0 atom stereocenters. The number of aromatic nitrogens is 2. The number of nitrogens with one attached hydrogen (secondary N) is 2. The molecule has 27 heavy (non-hydrogen) atoms. The summed E-state index contributed by atoms with van der Waals surface area (Å²) in [6, 6.07) is 18.4. The van der Waals surface area contributed by atoms with E-state index in [0.29, 0.717) is 6.54 Å². The number of imidazole rings is 1. The van der Waals surface area contributed by atoms with Crippen LogP contribution in [0, 0.1) is 6.92 Å². The SMILES string of the molecule is Cc1ccc(Nc2ccc(-c3ccc4c(c3)CNC4=O)n3ccnc23)cc1. The quantitative estimate of drug-likeness (QED) is 0.577. The van der Waals surface area contributed by atoms with E-state index in [4.69, 9.17) is 0 Å². The predicted molar refractivity (Wildman–Crippen MR) is 106 cm³/mol. The zero-order chi connectivity index (χ0) is 18.4. The Kier molecular flexibility index (Phi) is 3.47. The Labute approximate surface area is 156 Å². The average Bonchev–Trinajstić information content (AvgIpc) is 3.31. The lowest BCUT2D eigenvalue weighted by Gasteiger charge is -2.12. The molecule has 5 nitrogen and oxygen atoms in total. The highest BCUT2D eigenvalue weighted by Crippen LogP contribution is 2.29. The molecule has 0 spiro atoms. The van der Waals surface area contributed by atoms with Gasteiger partial charge in [-0.25, -0.2) is 4.98 Å². The van der Waals surface area contributed by atoms with Crippen molar-refractivity contribution in [1.29, 1.82) is 0 Å². The van der Waals surface area contributed by atoms with Gasteiger partial charge in [0.25, 0.3) is 5.91 Å². The molecule has 0 fully saturated rings. The summed E-state index contributed by atoms with van der Waals surface area (Å²) in [5.74, 6) is 0.00183. The van der Waals surface area contributed by atoms with Crippen molar-refractivity contribution in [3.63, 3.8) is 0 Å².